The largest absolute Gasteiger partial charge is 0.490 e. The molecule has 1 heterocycles. The summed E-state index contributed by atoms with van der Waals surface area (Å²) < 4.78 is 48.5. The maximum absolute atomic E-state index is 12.7. The molecule has 0 amide bonds. The molecule has 1 aromatic heterocycles. The van der Waals surface area contributed by atoms with Crippen LogP contribution in [0.1, 0.15) is 34.2 Å². The van der Waals surface area contributed by atoms with Crippen molar-refractivity contribution in [3.63, 3.8) is 0 Å². The van der Waals surface area contributed by atoms with Crippen molar-refractivity contribution in [1.29, 1.82) is 5.26 Å². The van der Waals surface area contributed by atoms with Crippen LogP contribution in [0.3, 0.4) is 0 Å². The number of esters is 1. The van der Waals surface area contributed by atoms with Gasteiger partial charge in [0.1, 0.15) is 5.69 Å². The molecule has 0 fully saturated rings. The summed E-state index contributed by atoms with van der Waals surface area (Å²) >= 11 is 6.03. The van der Waals surface area contributed by atoms with Crippen LogP contribution in [0, 0.1) is 18.3 Å². The van der Waals surface area contributed by atoms with E-state index in [1.54, 1.807) is 6.92 Å². The molecule has 0 aliphatic rings. The fourth-order valence-electron chi connectivity index (χ4n) is 2.08. The highest BCUT2D eigenvalue weighted by Gasteiger charge is 2.33. The van der Waals surface area contributed by atoms with Gasteiger partial charge in [0.25, 0.3) is 0 Å². The summed E-state index contributed by atoms with van der Waals surface area (Å²) in [4.78, 5) is 15.7. The van der Waals surface area contributed by atoms with Gasteiger partial charge in [-0.1, -0.05) is 11.6 Å². The van der Waals surface area contributed by atoms with Crippen molar-refractivity contribution in [3.05, 3.63) is 51.8 Å². The predicted molar refractivity (Wildman–Crippen MR) is 86.3 cm³/mol. The number of alkyl halides is 3. The van der Waals surface area contributed by atoms with Crippen molar-refractivity contribution >= 4 is 17.6 Å². The zero-order valence-electron chi connectivity index (χ0n) is 13.6. The number of hydrogen-bond acceptors (Lipinski definition) is 5. The van der Waals surface area contributed by atoms with Gasteiger partial charge < -0.3 is 9.47 Å². The van der Waals surface area contributed by atoms with Crippen LogP contribution in [0.5, 0.6) is 11.5 Å². The Labute approximate surface area is 151 Å². The molecule has 9 heteroatoms. The highest BCUT2D eigenvalue weighted by atomic mass is 35.5. The fraction of sp³-hybridized carbons (Fsp3) is 0.235. The molecule has 0 saturated carbocycles. The van der Waals surface area contributed by atoms with Crippen LogP contribution in [0.15, 0.2) is 24.3 Å². The van der Waals surface area contributed by atoms with Gasteiger partial charge in [0.15, 0.2) is 11.5 Å². The number of pyridine rings is 1. The average molecular weight is 385 g/mol. The Morgan fingerprint density at radius 3 is 2.58 bits per heavy atom. The second-order valence-corrected chi connectivity index (χ2v) is 5.45. The molecule has 136 valence electrons. The molecule has 0 atom stereocenters. The summed E-state index contributed by atoms with van der Waals surface area (Å²) in [6, 6.07) is 6.18. The number of benzene rings is 1. The number of carbonyl (C=O) groups is 1. The summed E-state index contributed by atoms with van der Waals surface area (Å²) in [6.07, 6.45) is -4.62. The Balaban J connectivity index is 2.38. The van der Waals surface area contributed by atoms with Crippen LogP contribution in [0.4, 0.5) is 13.2 Å². The summed E-state index contributed by atoms with van der Waals surface area (Å²) in [5.41, 5.74) is -1.21. The van der Waals surface area contributed by atoms with Crippen LogP contribution in [0.2, 0.25) is 5.02 Å². The summed E-state index contributed by atoms with van der Waals surface area (Å²) in [5.74, 6) is -1.00. The SMILES string of the molecule is CCOc1cc(C#N)cc(Cl)c1OC(=O)c1ccc(C(F)(F)F)nc1C. The van der Waals surface area contributed by atoms with Crippen molar-refractivity contribution in [1.82, 2.24) is 4.98 Å². The maximum Gasteiger partial charge on any atom is 0.433 e. The second kappa shape index (κ2) is 7.62. The van der Waals surface area contributed by atoms with E-state index in [9.17, 15) is 18.0 Å². The minimum Gasteiger partial charge on any atom is -0.490 e. The first kappa shape index (κ1) is 19.5. The minimum absolute atomic E-state index is 0.0432. The maximum atomic E-state index is 12.7. The van der Waals surface area contributed by atoms with E-state index in [0.717, 1.165) is 6.07 Å². The number of carbonyl (C=O) groups excluding carboxylic acids is 1. The summed E-state index contributed by atoms with van der Waals surface area (Å²) in [5, 5.41) is 8.92. The monoisotopic (exact) mass is 384 g/mol. The molecule has 5 nitrogen and oxygen atoms in total. The van der Waals surface area contributed by atoms with Crippen molar-refractivity contribution in [2.45, 2.75) is 20.0 Å². The molecular formula is C17H12ClF3N2O3. The molecule has 0 spiro atoms. The van der Waals surface area contributed by atoms with E-state index in [1.807, 2.05) is 6.07 Å². The van der Waals surface area contributed by atoms with Gasteiger partial charge >= 0.3 is 12.1 Å². The molecule has 0 radical (unpaired) electrons. The number of aryl methyl sites for hydroxylation is 1. The second-order valence-electron chi connectivity index (χ2n) is 5.05. The van der Waals surface area contributed by atoms with Crippen molar-refractivity contribution < 1.29 is 27.4 Å². The van der Waals surface area contributed by atoms with Gasteiger partial charge in [-0.05, 0) is 32.0 Å². The number of ether oxygens (including phenoxy) is 2. The highest BCUT2D eigenvalue weighted by molar-refractivity contribution is 6.32. The van der Waals surface area contributed by atoms with E-state index in [2.05, 4.69) is 4.98 Å². The number of halogens is 4. The lowest BCUT2D eigenvalue weighted by Gasteiger charge is -2.14. The van der Waals surface area contributed by atoms with Crippen LogP contribution in [-0.2, 0) is 6.18 Å². The normalized spacial score (nSPS) is 11.0. The number of rotatable bonds is 4. The van der Waals surface area contributed by atoms with Gasteiger partial charge in [-0.25, -0.2) is 9.78 Å². The highest BCUT2D eigenvalue weighted by Crippen LogP contribution is 2.37. The Morgan fingerprint density at radius 2 is 2.04 bits per heavy atom. The zero-order valence-corrected chi connectivity index (χ0v) is 14.4. The smallest absolute Gasteiger partial charge is 0.433 e. The molecule has 0 N–H and O–H groups in total. The van der Waals surface area contributed by atoms with Crippen molar-refractivity contribution in [2.24, 2.45) is 0 Å². The minimum atomic E-state index is -4.62. The fourth-order valence-corrected chi connectivity index (χ4v) is 2.33. The van der Waals surface area contributed by atoms with E-state index in [0.29, 0.717) is 6.07 Å². The number of nitriles is 1. The molecule has 0 aliphatic carbocycles. The molecule has 0 unspecified atom stereocenters. The molecule has 2 rings (SSSR count). The number of nitrogens with zero attached hydrogens (tertiary/aromatic N) is 2. The molecular weight excluding hydrogens is 373 g/mol. The third-order valence-electron chi connectivity index (χ3n) is 3.23. The average Bonchev–Trinajstić information content (AvgIpc) is 2.56. The zero-order chi connectivity index (χ0) is 19.5. The van der Waals surface area contributed by atoms with Crippen LogP contribution >= 0.6 is 11.6 Å². The van der Waals surface area contributed by atoms with Crippen molar-refractivity contribution in [3.8, 4) is 17.6 Å². The van der Waals surface area contributed by atoms with Gasteiger partial charge in [-0.2, -0.15) is 18.4 Å². The molecule has 0 aliphatic heterocycles. The topological polar surface area (TPSA) is 72.2 Å². The lowest BCUT2D eigenvalue weighted by Crippen LogP contribution is -2.15. The van der Waals surface area contributed by atoms with Crippen LogP contribution in [0.25, 0.3) is 0 Å². The first-order valence-corrected chi connectivity index (χ1v) is 7.68. The molecule has 0 saturated heterocycles. The van der Waals surface area contributed by atoms with Gasteiger partial charge in [0.05, 0.1) is 34.5 Å². The number of hydrogen-bond donors (Lipinski definition) is 0. The molecule has 0 bridgehead atoms. The first-order valence-electron chi connectivity index (χ1n) is 7.30. The summed E-state index contributed by atoms with van der Waals surface area (Å²) in [7, 11) is 0. The van der Waals surface area contributed by atoms with Crippen molar-refractivity contribution in [2.75, 3.05) is 6.61 Å². The van der Waals surface area contributed by atoms with Gasteiger partial charge in [-0.15, -0.1) is 0 Å². The lowest BCUT2D eigenvalue weighted by atomic mass is 10.1. The Kier molecular flexibility index (Phi) is 5.73. The van der Waals surface area contributed by atoms with E-state index in [-0.39, 0.29) is 39.9 Å². The van der Waals surface area contributed by atoms with E-state index in [4.69, 9.17) is 26.3 Å². The lowest BCUT2D eigenvalue weighted by molar-refractivity contribution is -0.141. The van der Waals surface area contributed by atoms with E-state index in [1.165, 1.54) is 19.1 Å². The first-order chi connectivity index (χ1) is 12.2. The van der Waals surface area contributed by atoms with Gasteiger partial charge in [-0.3, -0.25) is 0 Å². The van der Waals surface area contributed by atoms with E-state index >= 15 is 0 Å². The Bertz CT molecular complexity index is 892. The number of aromatic nitrogens is 1. The molecule has 26 heavy (non-hydrogen) atoms. The van der Waals surface area contributed by atoms with Gasteiger partial charge in [0.2, 0.25) is 0 Å². The molecule has 1 aromatic carbocycles. The Morgan fingerprint density at radius 1 is 1.35 bits per heavy atom. The standard InChI is InChI=1S/C17H12ClF3N2O3/c1-3-25-13-7-10(8-22)6-12(18)15(13)26-16(24)11-4-5-14(17(19,20)21)23-9(11)2/h4-7H,3H2,1-2H3. The van der Waals surface area contributed by atoms with Gasteiger partial charge in [0, 0.05) is 6.07 Å². The predicted octanol–water partition coefficient (Wildman–Crippen LogP) is 4.55. The summed E-state index contributed by atoms with van der Waals surface area (Å²) in [6.45, 7) is 3.16. The van der Waals surface area contributed by atoms with Crippen LogP contribution in [-0.4, -0.2) is 17.6 Å². The van der Waals surface area contributed by atoms with Crippen LogP contribution < -0.4 is 9.47 Å². The Hall–Kier alpha value is -2.79. The third-order valence-corrected chi connectivity index (χ3v) is 3.51. The third kappa shape index (κ3) is 4.24. The quantitative estimate of drug-likeness (QED) is 0.571. The van der Waals surface area contributed by atoms with E-state index < -0.39 is 17.8 Å². The molecule has 2 aromatic rings.